The van der Waals surface area contributed by atoms with Crippen LogP contribution in [0.1, 0.15) is 29.0 Å². The number of benzene rings is 2. The van der Waals surface area contributed by atoms with Crippen LogP contribution in [0.25, 0.3) is 5.69 Å². The van der Waals surface area contributed by atoms with Crippen LogP contribution in [0.3, 0.4) is 0 Å². The molecule has 0 amide bonds. The fourth-order valence-corrected chi connectivity index (χ4v) is 4.61. The summed E-state index contributed by atoms with van der Waals surface area (Å²) in [7, 11) is 0. The van der Waals surface area contributed by atoms with Crippen LogP contribution < -0.4 is 5.32 Å². The minimum Gasteiger partial charge on any atom is -0.352 e. The smallest absolute Gasteiger partial charge is 0.271 e. The Morgan fingerprint density at radius 2 is 1.82 bits per heavy atom. The monoisotopic (exact) mass is 455 g/mol. The van der Waals surface area contributed by atoms with Crippen molar-refractivity contribution in [2.24, 2.45) is 0 Å². The molecule has 1 saturated heterocycles. The van der Waals surface area contributed by atoms with E-state index in [-0.39, 0.29) is 22.7 Å². The number of rotatable bonds is 6. The number of nitro benzene ring substituents is 1. The quantitative estimate of drug-likeness (QED) is 0.252. The molecule has 2 atom stereocenters. The fraction of sp³-hybridized carbons (Fsp3) is 0.120. The second kappa shape index (κ2) is 8.84. The van der Waals surface area contributed by atoms with Crippen LogP contribution in [0.2, 0.25) is 0 Å². The highest BCUT2D eigenvalue weighted by Crippen LogP contribution is 2.40. The molecule has 2 aromatic heterocycles. The Morgan fingerprint density at radius 1 is 1.00 bits per heavy atom. The Kier molecular flexibility index (Phi) is 5.58. The second-order valence-corrected chi connectivity index (χ2v) is 8.21. The van der Waals surface area contributed by atoms with E-state index < -0.39 is 0 Å². The zero-order chi connectivity index (χ0) is 22.8. The Morgan fingerprint density at radius 3 is 2.58 bits per heavy atom. The van der Waals surface area contributed by atoms with Crippen molar-refractivity contribution >= 4 is 23.0 Å². The molecule has 0 spiro atoms. The van der Waals surface area contributed by atoms with E-state index in [1.807, 2.05) is 65.4 Å². The standard InChI is InChI=1S/C25H21N5O2S/c31-30(32)20-11-6-10-19(16-20)28-15-7-13-22(28)24-23(21-12-4-5-14-26-21)27-25(33)29(24)17-18-8-2-1-3-9-18/h1-16,23-24H,17H2,(H,27,33)/t23-,24+/m0/s1. The number of nitrogens with zero attached hydrogens (tertiary/aromatic N) is 4. The van der Waals surface area contributed by atoms with Gasteiger partial charge >= 0.3 is 0 Å². The van der Waals surface area contributed by atoms with Crippen molar-refractivity contribution in [2.45, 2.75) is 18.6 Å². The molecule has 8 heteroatoms. The zero-order valence-electron chi connectivity index (χ0n) is 17.6. The topological polar surface area (TPSA) is 76.2 Å². The Labute approximate surface area is 196 Å². The van der Waals surface area contributed by atoms with Gasteiger partial charge in [-0.25, -0.2) is 0 Å². The molecule has 1 aliphatic heterocycles. The maximum absolute atomic E-state index is 11.4. The van der Waals surface area contributed by atoms with E-state index in [1.165, 1.54) is 6.07 Å². The summed E-state index contributed by atoms with van der Waals surface area (Å²) in [4.78, 5) is 17.7. The van der Waals surface area contributed by atoms with Crippen molar-refractivity contribution in [3.05, 3.63) is 124 Å². The van der Waals surface area contributed by atoms with Crippen LogP contribution in [0.15, 0.2) is 97.3 Å². The molecule has 4 aromatic rings. The molecule has 1 fully saturated rings. The van der Waals surface area contributed by atoms with Crippen molar-refractivity contribution in [2.75, 3.05) is 0 Å². The highest BCUT2D eigenvalue weighted by Gasteiger charge is 2.41. The largest absolute Gasteiger partial charge is 0.352 e. The molecule has 7 nitrogen and oxygen atoms in total. The van der Waals surface area contributed by atoms with Crippen LogP contribution in [-0.4, -0.2) is 24.5 Å². The number of aromatic nitrogens is 2. The minimum absolute atomic E-state index is 0.0506. The van der Waals surface area contributed by atoms with Crippen LogP contribution in [-0.2, 0) is 6.54 Å². The first-order chi connectivity index (χ1) is 16.1. The summed E-state index contributed by atoms with van der Waals surface area (Å²) in [6, 6.07) is 26.3. The van der Waals surface area contributed by atoms with Crippen LogP contribution in [0, 0.1) is 10.1 Å². The molecule has 1 aliphatic rings. The van der Waals surface area contributed by atoms with Gasteiger partial charge in [-0.05, 0) is 48.1 Å². The molecule has 33 heavy (non-hydrogen) atoms. The highest BCUT2D eigenvalue weighted by molar-refractivity contribution is 7.80. The summed E-state index contributed by atoms with van der Waals surface area (Å²) in [6.45, 7) is 0.626. The molecule has 0 saturated carbocycles. The number of pyridine rings is 1. The number of hydrogen-bond acceptors (Lipinski definition) is 4. The average Bonchev–Trinajstić information content (AvgIpc) is 3.45. The first kappa shape index (κ1) is 20.8. The maximum Gasteiger partial charge on any atom is 0.271 e. The maximum atomic E-state index is 11.4. The van der Waals surface area contributed by atoms with Gasteiger partial charge in [-0.2, -0.15) is 0 Å². The molecule has 0 aliphatic carbocycles. The van der Waals surface area contributed by atoms with Gasteiger partial charge in [0, 0.05) is 36.8 Å². The summed E-state index contributed by atoms with van der Waals surface area (Å²) in [5, 5.41) is 15.5. The number of thiocarbonyl (C=S) groups is 1. The summed E-state index contributed by atoms with van der Waals surface area (Å²) in [5.41, 5.74) is 3.76. The van der Waals surface area contributed by atoms with Gasteiger partial charge < -0.3 is 14.8 Å². The summed E-state index contributed by atoms with van der Waals surface area (Å²) in [5.74, 6) is 0. The summed E-state index contributed by atoms with van der Waals surface area (Å²) in [6.07, 6.45) is 3.70. The molecule has 164 valence electrons. The van der Waals surface area contributed by atoms with Gasteiger partial charge in [0.25, 0.3) is 5.69 Å². The third-order valence-corrected chi connectivity index (χ3v) is 6.15. The van der Waals surface area contributed by atoms with E-state index >= 15 is 0 Å². The fourth-order valence-electron chi connectivity index (χ4n) is 4.30. The Bertz CT molecular complexity index is 1290. The van der Waals surface area contributed by atoms with E-state index in [0.717, 1.165) is 22.6 Å². The average molecular weight is 456 g/mol. The molecule has 5 rings (SSSR count). The van der Waals surface area contributed by atoms with Crippen LogP contribution in [0.4, 0.5) is 5.69 Å². The van der Waals surface area contributed by atoms with Gasteiger partial charge in [-0.3, -0.25) is 15.1 Å². The lowest BCUT2D eigenvalue weighted by molar-refractivity contribution is -0.384. The molecule has 3 heterocycles. The third-order valence-electron chi connectivity index (χ3n) is 5.80. The number of hydrogen-bond donors (Lipinski definition) is 1. The number of non-ortho nitro benzene ring substituents is 1. The van der Waals surface area contributed by atoms with Crippen LogP contribution >= 0.6 is 12.2 Å². The van der Waals surface area contributed by atoms with E-state index in [1.54, 1.807) is 18.3 Å². The van der Waals surface area contributed by atoms with Gasteiger partial charge in [0.05, 0.1) is 28.4 Å². The number of nitro groups is 1. The van der Waals surface area contributed by atoms with Gasteiger partial charge in [0.1, 0.15) is 0 Å². The minimum atomic E-state index is -0.378. The third kappa shape index (κ3) is 4.08. The summed E-state index contributed by atoms with van der Waals surface area (Å²) < 4.78 is 1.99. The van der Waals surface area contributed by atoms with Crippen molar-refractivity contribution in [1.29, 1.82) is 0 Å². The second-order valence-electron chi connectivity index (χ2n) is 7.82. The normalized spacial score (nSPS) is 17.7. The van der Waals surface area contributed by atoms with E-state index in [4.69, 9.17) is 12.2 Å². The molecule has 0 unspecified atom stereocenters. The SMILES string of the molecule is O=[N+]([O-])c1cccc(-n2cccc2[C@@H]2[C@H](c3ccccn3)NC(=S)N2Cc2ccccc2)c1. The van der Waals surface area contributed by atoms with Crippen molar-refractivity contribution < 1.29 is 4.92 Å². The Hall–Kier alpha value is -4.04. The lowest BCUT2D eigenvalue weighted by Crippen LogP contribution is -2.30. The summed E-state index contributed by atoms with van der Waals surface area (Å²) >= 11 is 5.77. The van der Waals surface area contributed by atoms with Crippen molar-refractivity contribution in [1.82, 2.24) is 19.8 Å². The lowest BCUT2D eigenvalue weighted by Gasteiger charge is -2.29. The van der Waals surface area contributed by atoms with Crippen LogP contribution in [0.5, 0.6) is 0 Å². The van der Waals surface area contributed by atoms with Gasteiger partial charge in [0.2, 0.25) is 0 Å². The molecular weight excluding hydrogens is 434 g/mol. The molecule has 1 N–H and O–H groups in total. The van der Waals surface area contributed by atoms with Gasteiger partial charge in [-0.15, -0.1) is 0 Å². The first-order valence-corrected chi connectivity index (χ1v) is 11.0. The predicted molar refractivity (Wildman–Crippen MR) is 130 cm³/mol. The molecule has 0 bridgehead atoms. The molecule has 2 aromatic carbocycles. The molecule has 0 radical (unpaired) electrons. The van der Waals surface area contributed by atoms with Crippen molar-refractivity contribution in [3.8, 4) is 5.69 Å². The van der Waals surface area contributed by atoms with Crippen molar-refractivity contribution in [3.63, 3.8) is 0 Å². The lowest BCUT2D eigenvalue weighted by atomic mass is 10.0. The Balaban J connectivity index is 1.61. The van der Waals surface area contributed by atoms with E-state index in [0.29, 0.717) is 11.7 Å². The van der Waals surface area contributed by atoms with E-state index in [9.17, 15) is 10.1 Å². The highest BCUT2D eigenvalue weighted by atomic mass is 32.1. The number of nitrogens with one attached hydrogen (secondary N) is 1. The zero-order valence-corrected chi connectivity index (χ0v) is 18.4. The first-order valence-electron chi connectivity index (χ1n) is 10.6. The predicted octanol–water partition coefficient (Wildman–Crippen LogP) is 4.95. The van der Waals surface area contributed by atoms with E-state index in [2.05, 4.69) is 27.3 Å². The molecular formula is C25H21N5O2S. The van der Waals surface area contributed by atoms with Gasteiger partial charge in [0.15, 0.2) is 5.11 Å². The van der Waals surface area contributed by atoms with Gasteiger partial charge in [-0.1, -0.05) is 42.5 Å².